The van der Waals surface area contributed by atoms with Crippen LogP contribution in [0.3, 0.4) is 0 Å². The maximum absolute atomic E-state index is 9.10. The third-order valence-electron chi connectivity index (χ3n) is 2.66. The quantitative estimate of drug-likeness (QED) is 0.817. The van der Waals surface area contributed by atoms with Crippen LogP contribution in [0.5, 0.6) is 0 Å². The lowest BCUT2D eigenvalue weighted by Gasteiger charge is -1.99. The summed E-state index contributed by atoms with van der Waals surface area (Å²) in [5.74, 6) is 0. The van der Waals surface area contributed by atoms with Gasteiger partial charge in [-0.25, -0.2) is 4.98 Å². The SMILES string of the molecule is CCCc1nc(-c2ccccc2C)sc1C#N. The van der Waals surface area contributed by atoms with Crippen LogP contribution in [0.15, 0.2) is 24.3 Å². The number of hydrogen-bond donors (Lipinski definition) is 0. The van der Waals surface area contributed by atoms with Crippen LogP contribution >= 0.6 is 11.3 Å². The Morgan fingerprint density at radius 3 is 2.76 bits per heavy atom. The Labute approximate surface area is 106 Å². The molecular formula is C14H14N2S. The molecule has 0 aliphatic rings. The lowest BCUT2D eigenvalue weighted by Crippen LogP contribution is -1.87. The van der Waals surface area contributed by atoms with E-state index in [1.807, 2.05) is 12.1 Å². The monoisotopic (exact) mass is 242 g/mol. The van der Waals surface area contributed by atoms with Gasteiger partial charge >= 0.3 is 0 Å². The number of hydrogen-bond acceptors (Lipinski definition) is 3. The first-order valence-corrected chi connectivity index (χ1v) is 6.53. The number of rotatable bonds is 3. The molecule has 0 saturated heterocycles. The van der Waals surface area contributed by atoms with E-state index >= 15 is 0 Å². The summed E-state index contributed by atoms with van der Waals surface area (Å²) in [4.78, 5) is 5.35. The summed E-state index contributed by atoms with van der Waals surface area (Å²) in [6.07, 6.45) is 1.90. The second kappa shape index (κ2) is 5.11. The predicted molar refractivity (Wildman–Crippen MR) is 71.0 cm³/mol. The second-order valence-electron chi connectivity index (χ2n) is 3.97. The Morgan fingerprint density at radius 2 is 2.12 bits per heavy atom. The van der Waals surface area contributed by atoms with E-state index in [2.05, 4.69) is 37.0 Å². The molecule has 0 aliphatic carbocycles. The zero-order valence-corrected chi connectivity index (χ0v) is 10.8. The summed E-state index contributed by atoms with van der Waals surface area (Å²) in [5.41, 5.74) is 3.28. The summed E-state index contributed by atoms with van der Waals surface area (Å²) < 4.78 is 0. The fourth-order valence-corrected chi connectivity index (χ4v) is 2.77. The first kappa shape index (κ1) is 11.8. The van der Waals surface area contributed by atoms with E-state index in [0.717, 1.165) is 34.0 Å². The first-order valence-electron chi connectivity index (χ1n) is 5.72. The molecule has 0 atom stereocenters. The van der Waals surface area contributed by atoms with Crippen LogP contribution in [0.1, 0.15) is 29.5 Å². The van der Waals surface area contributed by atoms with Gasteiger partial charge in [0.1, 0.15) is 16.0 Å². The van der Waals surface area contributed by atoms with Crippen molar-refractivity contribution >= 4 is 11.3 Å². The van der Waals surface area contributed by atoms with E-state index in [1.54, 1.807) is 0 Å². The third kappa shape index (κ3) is 2.37. The van der Waals surface area contributed by atoms with Crippen LogP contribution in [0.2, 0.25) is 0 Å². The molecule has 3 heteroatoms. The molecular weight excluding hydrogens is 228 g/mol. The molecule has 2 aromatic rings. The minimum atomic E-state index is 0.755. The molecule has 1 heterocycles. The van der Waals surface area contributed by atoms with Crippen molar-refractivity contribution < 1.29 is 0 Å². The molecule has 1 aromatic heterocycles. The Hall–Kier alpha value is -1.66. The highest BCUT2D eigenvalue weighted by Crippen LogP contribution is 2.30. The highest BCUT2D eigenvalue weighted by molar-refractivity contribution is 7.15. The second-order valence-corrected chi connectivity index (χ2v) is 4.97. The molecule has 0 N–H and O–H groups in total. The number of nitrogens with zero attached hydrogens (tertiary/aromatic N) is 2. The van der Waals surface area contributed by atoms with Gasteiger partial charge in [0.15, 0.2) is 0 Å². The van der Waals surface area contributed by atoms with Crippen molar-refractivity contribution in [2.24, 2.45) is 0 Å². The minimum absolute atomic E-state index is 0.755. The van der Waals surface area contributed by atoms with E-state index in [9.17, 15) is 0 Å². The molecule has 2 rings (SSSR count). The third-order valence-corrected chi connectivity index (χ3v) is 3.70. The van der Waals surface area contributed by atoms with Gasteiger partial charge in [0, 0.05) is 5.56 Å². The number of aromatic nitrogens is 1. The summed E-state index contributed by atoms with van der Waals surface area (Å²) >= 11 is 1.49. The zero-order chi connectivity index (χ0) is 12.3. The van der Waals surface area contributed by atoms with Crippen LogP contribution in [0.4, 0.5) is 0 Å². The number of nitriles is 1. The molecule has 2 nitrogen and oxygen atoms in total. The molecule has 1 aromatic carbocycles. The molecule has 0 radical (unpaired) electrons. The molecule has 0 amide bonds. The maximum Gasteiger partial charge on any atom is 0.128 e. The summed E-state index contributed by atoms with van der Waals surface area (Å²) in [7, 11) is 0. The molecule has 0 fully saturated rings. The Balaban J connectivity index is 2.48. The van der Waals surface area contributed by atoms with Gasteiger partial charge < -0.3 is 0 Å². The summed E-state index contributed by atoms with van der Waals surface area (Å²) in [6.45, 7) is 4.18. The smallest absolute Gasteiger partial charge is 0.128 e. The van der Waals surface area contributed by atoms with Crippen LogP contribution in [-0.4, -0.2) is 4.98 Å². The normalized spacial score (nSPS) is 10.2. The topological polar surface area (TPSA) is 36.7 Å². The summed E-state index contributed by atoms with van der Waals surface area (Å²) in [5, 5.41) is 10.1. The van der Waals surface area contributed by atoms with Crippen LogP contribution in [0, 0.1) is 18.3 Å². The van der Waals surface area contributed by atoms with Crippen molar-refractivity contribution in [2.45, 2.75) is 26.7 Å². The summed E-state index contributed by atoms with van der Waals surface area (Å²) in [6, 6.07) is 10.4. The number of benzene rings is 1. The molecule has 0 saturated carbocycles. The predicted octanol–water partition coefficient (Wildman–Crippen LogP) is 3.94. The Kier molecular flexibility index (Phi) is 3.55. The van der Waals surface area contributed by atoms with Gasteiger partial charge in [0.05, 0.1) is 5.69 Å². The fourth-order valence-electron chi connectivity index (χ4n) is 1.77. The van der Waals surface area contributed by atoms with E-state index in [0.29, 0.717) is 0 Å². The van der Waals surface area contributed by atoms with Gasteiger partial charge in [-0.05, 0) is 18.9 Å². The van der Waals surface area contributed by atoms with Crippen molar-refractivity contribution in [1.29, 1.82) is 5.26 Å². The van der Waals surface area contributed by atoms with Gasteiger partial charge in [-0.3, -0.25) is 0 Å². The number of aryl methyl sites for hydroxylation is 2. The van der Waals surface area contributed by atoms with E-state index in [4.69, 9.17) is 5.26 Å². The van der Waals surface area contributed by atoms with Crippen molar-refractivity contribution in [3.05, 3.63) is 40.4 Å². The molecule has 0 bridgehead atoms. The molecule has 0 spiro atoms. The Bertz CT molecular complexity index is 564. The van der Waals surface area contributed by atoms with Gasteiger partial charge in [0.25, 0.3) is 0 Å². The maximum atomic E-state index is 9.10. The van der Waals surface area contributed by atoms with Gasteiger partial charge in [-0.1, -0.05) is 37.6 Å². The van der Waals surface area contributed by atoms with E-state index < -0.39 is 0 Å². The van der Waals surface area contributed by atoms with E-state index in [1.165, 1.54) is 16.9 Å². The van der Waals surface area contributed by atoms with Crippen LogP contribution < -0.4 is 0 Å². The minimum Gasteiger partial charge on any atom is -0.240 e. The number of thiazole rings is 1. The lowest BCUT2D eigenvalue weighted by molar-refractivity contribution is 0.890. The average Bonchev–Trinajstić information content (AvgIpc) is 2.73. The van der Waals surface area contributed by atoms with Gasteiger partial charge in [0.2, 0.25) is 0 Å². The van der Waals surface area contributed by atoms with E-state index in [-0.39, 0.29) is 0 Å². The first-order chi connectivity index (χ1) is 8.26. The standard InChI is InChI=1S/C14H14N2S/c1-3-6-12-13(9-15)17-14(16-12)11-8-5-4-7-10(11)2/h4-5,7-8H,3,6H2,1-2H3. The highest BCUT2D eigenvalue weighted by Gasteiger charge is 2.12. The molecule has 17 heavy (non-hydrogen) atoms. The van der Waals surface area contributed by atoms with Crippen LogP contribution in [-0.2, 0) is 6.42 Å². The zero-order valence-electron chi connectivity index (χ0n) is 10.0. The Morgan fingerprint density at radius 1 is 1.35 bits per heavy atom. The lowest BCUT2D eigenvalue weighted by atomic mass is 10.1. The van der Waals surface area contributed by atoms with Crippen molar-refractivity contribution in [2.75, 3.05) is 0 Å². The fraction of sp³-hybridized carbons (Fsp3) is 0.286. The van der Waals surface area contributed by atoms with Crippen LogP contribution in [0.25, 0.3) is 10.6 Å². The molecule has 0 aliphatic heterocycles. The largest absolute Gasteiger partial charge is 0.240 e. The highest BCUT2D eigenvalue weighted by atomic mass is 32.1. The van der Waals surface area contributed by atoms with Crippen molar-refractivity contribution in [3.8, 4) is 16.6 Å². The van der Waals surface area contributed by atoms with Gasteiger partial charge in [-0.15, -0.1) is 11.3 Å². The van der Waals surface area contributed by atoms with Crippen molar-refractivity contribution in [3.63, 3.8) is 0 Å². The molecule has 0 unspecified atom stereocenters. The average molecular weight is 242 g/mol. The van der Waals surface area contributed by atoms with Crippen molar-refractivity contribution in [1.82, 2.24) is 4.98 Å². The van der Waals surface area contributed by atoms with Gasteiger partial charge in [-0.2, -0.15) is 5.26 Å². The molecule has 86 valence electrons.